The number of pyridine rings is 1. The predicted molar refractivity (Wildman–Crippen MR) is 133 cm³/mol. The van der Waals surface area contributed by atoms with Crippen LogP contribution in [0.2, 0.25) is 0 Å². The Morgan fingerprint density at radius 1 is 0.939 bits per heavy atom. The highest BCUT2D eigenvalue weighted by molar-refractivity contribution is 6.06. The number of amides is 1. The van der Waals surface area contributed by atoms with Gasteiger partial charge in [0, 0.05) is 22.3 Å². The minimum atomic E-state index is -0.205. The van der Waals surface area contributed by atoms with E-state index in [4.69, 9.17) is 4.74 Å². The van der Waals surface area contributed by atoms with Gasteiger partial charge in [-0.2, -0.15) is 0 Å². The van der Waals surface area contributed by atoms with Gasteiger partial charge >= 0.3 is 0 Å². The van der Waals surface area contributed by atoms with Crippen LogP contribution in [-0.4, -0.2) is 18.0 Å². The molecule has 0 spiro atoms. The molecule has 0 aliphatic heterocycles. The normalized spacial score (nSPS) is 11.4. The molecule has 0 aliphatic rings. The lowest BCUT2D eigenvalue weighted by atomic mass is 9.86. The van der Waals surface area contributed by atoms with Gasteiger partial charge in [0.1, 0.15) is 5.75 Å². The lowest BCUT2D eigenvalue weighted by Gasteiger charge is -2.24. The Bertz CT molecular complexity index is 1330. The molecule has 0 fully saturated rings. The maximum Gasteiger partial charge on any atom is 0.258 e. The number of anilines is 1. The van der Waals surface area contributed by atoms with Gasteiger partial charge in [0.05, 0.1) is 13.7 Å². The molecule has 5 nitrogen and oxygen atoms in total. The Morgan fingerprint density at radius 2 is 1.61 bits per heavy atom. The smallest absolute Gasteiger partial charge is 0.258 e. The molecule has 1 amide bonds. The second-order valence-electron chi connectivity index (χ2n) is 9.13. The molecule has 0 bridgehead atoms. The largest absolute Gasteiger partial charge is 0.497 e. The number of fused-ring (bicyclic) bond motifs is 1. The highest BCUT2D eigenvalue weighted by Crippen LogP contribution is 2.26. The highest BCUT2D eigenvalue weighted by atomic mass is 16.5. The van der Waals surface area contributed by atoms with Crippen LogP contribution in [0.3, 0.4) is 0 Å². The van der Waals surface area contributed by atoms with E-state index in [0.717, 1.165) is 16.5 Å². The average molecular weight is 441 g/mol. The lowest BCUT2D eigenvalue weighted by Crippen LogP contribution is -2.33. The Labute approximate surface area is 193 Å². The van der Waals surface area contributed by atoms with Crippen molar-refractivity contribution >= 4 is 22.5 Å². The SMILES string of the molecule is COc1ccc(N(Cc2cc3ccccc3[nH]c2=O)C(=O)c2ccc(C(C)(C)C)cc2)cc1. The second-order valence-corrected chi connectivity index (χ2v) is 9.13. The zero-order chi connectivity index (χ0) is 23.6. The van der Waals surface area contributed by atoms with Gasteiger partial charge in [-0.15, -0.1) is 0 Å². The molecule has 0 atom stereocenters. The Hall–Kier alpha value is -3.86. The number of para-hydroxylation sites is 1. The van der Waals surface area contributed by atoms with Crippen molar-refractivity contribution in [2.24, 2.45) is 0 Å². The summed E-state index contributed by atoms with van der Waals surface area (Å²) in [6.45, 7) is 6.56. The third-order valence-corrected chi connectivity index (χ3v) is 5.79. The third-order valence-electron chi connectivity index (χ3n) is 5.79. The van der Waals surface area contributed by atoms with Crippen molar-refractivity contribution in [3.63, 3.8) is 0 Å². The number of carbonyl (C=O) groups is 1. The minimum absolute atomic E-state index is 0.00433. The van der Waals surface area contributed by atoms with Crippen molar-refractivity contribution in [1.82, 2.24) is 4.98 Å². The van der Waals surface area contributed by atoms with E-state index in [0.29, 0.717) is 22.6 Å². The van der Waals surface area contributed by atoms with Crippen LogP contribution in [0.15, 0.2) is 83.7 Å². The fourth-order valence-corrected chi connectivity index (χ4v) is 3.79. The van der Waals surface area contributed by atoms with E-state index in [-0.39, 0.29) is 23.4 Å². The number of carbonyl (C=O) groups excluding carboxylic acids is 1. The first kappa shape index (κ1) is 22.3. The monoisotopic (exact) mass is 440 g/mol. The maximum absolute atomic E-state index is 13.6. The van der Waals surface area contributed by atoms with Crippen LogP contribution in [0.5, 0.6) is 5.75 Å². The topological polar surface area (TPSA) is 62.4 Å². The molecule has 1 N–H and O–H groups in total. The van der Waals surface area contributed by atoms with Gasteiger partial charge in [-0.05, 0) is 64.9 Å². The molecular formula is C28H28N2O3. The lowest BCUT2D eigenvalue weighted by molar-refractivity contribution is 0.0985. The molecule has 3 aromatic carbocycles. The number of benzene rings is 3. The summed E-state index contributed by atoms with van der Waals surface area (Å²) in [6.07, 6.45) is 0. The maximum atomic E-state index is 13.6. The van der Waals surface area contributed by atoms with E-state index >= 15 is 0 Å². The van der Waals surface area contributed by atoms with E-state index in [1.54, 1.807) is 12.0 Å². The molecular weight excluding hydrogens is 412 g/mol. The third kappa shape index (κ3) is 4.82. The minimum Gasteiger partial charge on any atom is -0.497 e. The van der Waals surface area contributed by atoms with Crippen LogP contribution < -0.4 is 15.2 Å². The van der Waals surface area contributed by atoms with E-state index < -0.39 is 0 Å². The van der Waals surface area contributed by atoms with Crippen molar-refractivity contribution in [2.45, 2.75) is 32.7 Å². The van der Waals surface area contributed by atoms with Gasteiger partial charge in [-0.3, -0.25) is 9.59 Å². The Kier molecular flexibility index (Phi) is 6.05. The van der Waals surface area contributed by atoms with Gasteiger partial charge < -0.3 is 14.6 Å². The van der Waals surface area contributed by atoms with Crippen molar-refractivity contribution < 1.29 is 9.53 Å². The Morgan fingerprint density at radius 3 is 2.24 bits per heavy atom. The quantitative estimate of drug-likeness (QED) is 0.434. The second kappa shape index (κ2) is 8.94. The van der Waals surface area contributed by atoms with Crippen LogP contribution in [0.4, 0.5) is 5.69 Å². The summed E-state index contributed by atoms with van der Waals surface area (Å²) < 4.78 is 5.27. The van der Waals surface area contributed by atoms with E-state index in [1.165, 1.54) is 0 Å². The van der Waals surface area contributed by atoms with Gasteiger partial charge in [0.2, 0.25) is 0 Å². The summed E-state index contributed by atoms with van der Waals surface area (Å²) in [7, 11) is 1.60. The highest BCUT2D eigenvalue weighted by Gasteiger charge is 2.21. The summed E-state index contributed by atoms with van der Waals surface area (Å²) in [5.41, 5.74) is 3.49. The number of aromatic amines is 1. The number of rotatable bonds is 5. The Balaban J connectivity index is 1.74. The van der Waals surface area contributed by atoms with Crippen molar-refractivity contribution in [3.05, 3.63) is 106 Å². The van der Waals surface area contributed by atoms with Crippen LogP contribution in [0.1, 0.15) is 42.3 Å². The number of methoxy groups -OCH3 is 1. The molecule has 0 unspecified atom stereocenters. The van der Waals surface area contributed by atoms with Crippen molar-refractivity contribution in [2.75, 3.05) is 12.0 Å². The standard InChI is InChI=1S/C28H28N2O3/c1-28(2,3)22-11-9-19(10-12-22)27(32)30(23-13-15-24(33-4)16-14-23)18-21-17-20-7-5-6-8-25(20)29-26(21)31/h5-17H,18H2,1-4H3,(H,29,31). The number of aromatic nitrogens is 1. The molecule has 4 aromatic rings. The van der Waals surface area contributed by atoms with E-state index in [2.05, 4.69) is 25.8 Å². The van der Waals surface area contributed by atoms with Crippen LogP contribution >= 0.6 is 0 Å². The summed E-state index contributed by atoms with van der Waals surface area (Å²) >= 11 is 0. The predicted octanol–water partition coefficient (Wildman–Crippen LogP) is 5.68. The molecule has 5 heteroatoms. The molecule has 1 heterocycles. The van der Waals surface area contributed by atoms with Crippen LogP contribution in [-0.2, 0) is 12.0 Å². The van der Waals surface area contributed by atoms with Gasteiger partial charge in [-0.1, -0.05) is 51.1 Å². The number of hydrogen-bond donors (Lipinski definition) is 1. The number of hydrogen-bond acceptors (Lipinski definition) is 3. The molecule has 4 rings (SSSR count). The molecule has 0 radical (unpaired) electrons. The molecule has 0 aliphatic carbocycles. The van der Waals surface area contributed by atoms with Crippen LogP contribution in [0, 0.1) is 0 Å². The summed E-state index contributed by atoms with van der Waals surface area (Å²) in [4.78, 5) is 31.0. The van der Waals surface area contributed by atoms with Crippen molar-refractivity contribution in [3.8, 4) is 5.75 Å². The first-order valence-electron chi connectivity index (χ1n) is 10.9. The zero-order valence-electron chi connectivity index (χ0n) is 19.4. The number of nitrogens with one attached hydrogen (secondary N) is 1. The molecule has 0 saturated carbocycles. The fourth-order valence-electron chi connectivity index (χ4n) is 3.79. The van der Waals surface area contributed by atoms with Gasteiger partial charge in [0.25, 0.3) is 11.5 Å². The number of nitrogens with zero attached hydrogens (tertiary/aromatic N) is 1. The van der Waals surface area contributed by atoms with E-state index in [9.17, 15) is 9.59 Å². The zero-order valence-corrected chi connectivity index (χ0v) is 19.4. The van der Waals surface area contributed by atoms with Gasteiger partial charge in [0.15, 0.2) is 0 Å². The van der Waals surface area contributed by atoms with Crippen molar-refractivity contribution in [1.29, 1.82) is 0 Å². The first-order valence-corrected chi connectivity index (χ1v) is 10.9. The average Bonchev–Trinajstić information content (AvgIpc) is 2.82. The summed E-state index contributed by atoms with van der Waals surface area (Å²) in [5, 5.41) is 0.920. The molecule has 168 valence electrons. The molecule has 1 aromatic heterocycles. The first-order chi connectivity index (χ1) is 15.8. The summed E-state index contributed by atoms with van der Waals surface area (Å²) in [5.74, 6) is 0.525. The summed E-state index contributed by atoms with van der Waals surface area (Å²) in [6, 6.07) is 24.4. The van der Waals surface area contributed by atoms with Crippen LogP contribution in [0.25, 0.3) is 10.9 Å². The molecule has 33 heavy (non-hydrogen) atoms. The molecule has 0 saturated heterocycles. The van der Waals surface area contributed by atoms with Gasteiger partial charge in [-0.25, -0.2) is 0 Å². The fraction of sp³-hybridized carbons (Fsp3) is 0.214. The number of ether oxygens (including phenoxy) is 1. The number of H-pyrrole nitrogens is 1. The van der Waals surface area contributed by atoms with E-state index in [1.807, 2.05) is 78.9 Å².